The molecule has 8 heavy (non-hydrogen) atoms. The molecule has 1 aliphatic heterocycles. The molecule has 1 nitrogen and oxygen atoms in total. The van der Waals surface area contributed by atoms with Gasteiger partial charge in [0.05, 0.1) is 0 Å². The van der Waals surface area contributed by atoms with Crippen LogP contribution in [0.15, 0.2) is 11.6 Å². The minimum Gasteiger partial charge on any atom is -0.294 e. The van der Waals surface area contributed by atoms with E-state index >= 15 is 0 Å². The standard InChI is InChI=1S/C7H11N/c1-5-7(8(5)2)6-3-4-6/h3,5,7H,4H2,1-2H3/t5-,7+,8?/m1/s1. The van der Waals surface area contributed by atoms with Crippen molar-refractivity contribution in [2.24, 2.45) is 0 Å². The third-order valence-corrected chi connectivity index (χ3v) is 2.27. The van der Waals surface area contributed by atoms with Gasteiger partial charge in [-0.25, -0.2) is 0 Å². The highest BCUT2D eigenvalue weighted by molar-refractivity contribution is 5.35. The van der Waals surface area contributed by atoms with Crippen LogP contribution in [0, 0.1) is 0 Å². The molecule has 1 unspecified atom stereocenters. The zero-order valence-corrected chi connectivity index (χ0v) is 5.39. The SMILES string of the molecule is C[C@@H]1[C@@H](C2=CC2)N1C. The molecule has 0 aromatic carbocycles. The Balaban J connectivity index is 2.02. The first-order valence-corrected chi connectivity index (χ1v) is 3.21. The summed E-state index contributed by atoms with van der Waals surface area (Å²) in [4.78, 5) is 2.40. The Morgan fingerprint density at radius 3 is 2.38 bits per heavy atom. The van der Waals surface area contributed by atoms with Crippen LogP contribution >= 0.6 is 0 Å². The normalized spacial score (nSPS) is 50.8. The molecular weight excluding hydrogens is 98.1 g/mol. The highest BCUT2D eigenvalue weighted by atomic mass is 15.3. The van der Waals surface area contributed by atoms with E-state index in [1.807, 2.05) is 0 Å². The van der Waals surface area contributed by atoms with Crippen molar-refractivity contribution in [2.45, 2.75) is 25.4 Å². The summed E-state index contributed by atoms with van der Waals surface area (Å²) in [6.07, 6.45) is 3.62. The van der Waals surface area contributed by atoms with Crippen LogP contribution in [-0.4, -0.2) is 24.0 Å². The van der Waals surface area contributed by atoms with E-state index in [1.54, 1.807) is 5.57 Å². The van der Waals surface area contributed by atoms with Gasteiger partial charge in [-0.1, -0.05) is 11.6 Å². The second-order valence-electron chi connectivity index (χ2n) is 2.83. The smallest absolute Gasteiger partial charge is 0.0464 e. The number of hydrogen-bond acceptors (Lipinski definition) is 1. The van der Waals surface area contributed by atoms with Gasteiger partial charge in [-0.05, 0) is 20.4 Å². The summed E-state index contributed by atoms with van der Waals surface area (Å²) >= 11 is 0. The third-order valence-electron chi connectivity index (χ3n) is 2.27. The summed E-state index contributed by atoms with van der Waals surface area (Å²) in [6.45, 7) is 2.28. The second-order valence-corrected chi connectivity index (χ2v) is 2.83. The summed E-state index contributed by atoms with van der Waals surface area (Å²) in [7, 11) is 2.19. The predicted octanol–water partition coefficient (Wildman–Crippen LogP) is 1.02. The van der Waals surface area contributed by atoms with Crippen LogP contribution < -0.4 is 0 Å². The number of rotatable bonds is 1. The van der Waals surface area contributed by atoms with Crippen molar-refractivity contribution in [1.29, 1.82) is 0 Å². The highest BCUT2D eigenvalue weighted by Gasteiger charge is 2.44. The maximum Gasteiger partial charge on any atom is 0.0464 e. The first-order chi connectivity index (χ1) is 3.80. The zero-order valence-electron chi connectivity index (χ0n) is 5.39. The van der Waals surface area contributed by atoms with E-state index in [0.29, 0.717) is 0 Å². The minimum atomic E-state index is 0.837. The van der Waals surface area contributed by atoms with Crippen molar-refractivity contribution >= 4 is 0 Å². The quantitative estimate of drug-likeness (QED) is 0.359. The van der Waals surface area contributed by atoms with E-state index in [-0.39, 0.29) is 0 Å². The van der Waals surface area contributed by atoms with E-state index in [4.69, 9.17) is 0 Å². The molecule has 0 aromatic rings. The van der Waals surface area contributed by atoms with Gasteiger partial charge >= 0.3 is 0 Å². The van der Waals surface area contributed by atoms with Crippen LogP contribution in [0.4, 0.5) is 0 Å². The van der Waals surface area contributed by atoms with Gasteiger partial charge in [0.25, 0.3) is 0 Å². The molecule has 2 aliphatic rings. The summed E-state index contributed by atoms with van der Waals surface area (Å²) < 4.78 is 0. The van der Waals surface area contributed by atoms with Gasteiger partial charge in [0, 0.05) is 12.1 Å². The molecule has 0 spiro atoms. The molecule has 2 rings (SSSR count). The van der Waals surface area contributed by atoms with Crippen molar-refractivity contribution in [2.75, 3.05) is 7.05 Å². The van der Waals surface area contributed by atoms with Gasteiger partial charge in [0.15, 0.2) is 0 Å². The average Bonchev–Trinajstić information content (AvgIpc) is 2.52. The second kappa shape index (κ2) is 1.16. The van der Waals surface area contributed by atoms with E-state index in [1.165, 1.54) is 6.42 Å². The van der Waals surface area contributed by atoms with E-state index < -0.39 is 0 Å². The Labute approximate surface area is 50.0 Å². The van der Waals surface area contributed by atoms with Gasteiger partial charge < -0.3 is 0 Å². The predicted molar refractivity (Wildman–Crippen MR) is 33.7 cm³/mol. The van der Waals surface area contributed by atoms with Crippen molar-refractivity contribution in [1.82, 2.24) is 4.90 Å². The Morgan fingerprint density at radius 1 is 1.75 bits per heavy atom. The lowest BCUT2D eigenvalue weighted by molar-refractivity contribution is 0.614. The van der Waals surface area contributed by atoms with Crippen molar-refractivity contribution in [3.05, 3.63) is 11.6 Å². The molecule has 0 aromatic heterocycles. The molecule has 1 heteroatoms. The molecule has 0 bridgehead atoms. The van der Waals surface area contributed by atoms with E-state index in [2.05, 4.69) is 24.9 Å². The van der Waals surface area contributed by atoms with Gasteiger partial charge in [-0.2, -0.15) is 0 Å². The lowest BCUT2D eigenvalue weighted by atomic mass is 10.3. The average molecular weight is 109 g/mol. The summed E-state index contributed by atoms with van der Waals surface area (Å²) in [5.74, 6) is 0. The third kappa shape index (κ3) is 0.451. The van der Waals surface area contributed by atoms with Gasteiger partial charge in [0.2, 0.25) is 0 Å². The summed E-state index contributed by atoms with van der Waals surface area (Å²) in [5.41, 5.74) is 1.67. The fourth-order valence-electron chi connectivity index (χ4n) is 1.37. The van der Waals surface area contributed by atoms with Crippen LogP contribution in [-0.2, 0) is 0 Å². The number of allylic oxidation sites excluding steroid dienone is 1. The van der Waals surface area contributed by atoms with E-state index in [9.17, 15) is 0 Å². The van der Waals surface area contributed by atoms with Crippen LogP contribution in [0.25, 0.3) is 0 Å². The van der Waals surface area contributed by atoms with Crippen LogP contribution in [0.3, 0.4) is 0 Å². The van der Waals surface area contributed by atoms with Crippen molar-refractivity contribution in [3.63, 3.8) is 0 Å². The van der Waals surface area contributed by atoms with E-state index in [0.717, 1.165) is 12.1 Å². The monoisotopic (exact) mass is 109 g/mol. The number of nitrogens with zero attached hydrogens (tertiary/aromatic N) is 1. The molecule has 0 saturated carbocycles. The highest BCUT2D eigenvalue weighted by Crippen LogP contribution is 2.39. The first kappa shape index (κ1) is 4.57. The number of hydrogen-bond donors (Lipinski definition) is 0. The molecule has 0 amide bonds. The van der Waals surface area contributed by atoms with Crippen LogP contribution in [0.1, 0.15) is 13.3 Å². The fourth-order valence-corrected chi connectivity index (χ4v) is 1.37. The molecule has 1 aliphatic carbocycles. The lowest BCUT2D eigenvalue weighted by Crippen LogP contribution is -1.89. The molecular formula is C7H11N. The summed E-state index contributed by atoms with van der Waals surface area (Å²) in [6, 6.07) is 1.68. The Hall–Kier alpha value is -0.300. The lowest BCUT2D eigenvalue weighted by Gasteiger charge is -1.82. The van der Waals surface area contributed by atoms with Crippen LogP contribution in [0.2, 0.25) is 0 Å². The maximum absolute atomic E-state index is 2.40. The Kier molecular flexibility index (Phi) is 0.662. The molecule has 1 fully saturated rings. The molecule has 44 valence electrons. The summed E-state index contributed by atoms with van der Waals surface area (Å²) in [5, 5.41) is 0. The minimum absolute atomic E-state index is 0.837. The maximum atomic E-state index is 2.40. The molecule has 1 heterocycles. The van der Waals surface area contributed by atoms with Crippen molar-refractivity contribution in [3.8, 4) is 0 Å². The zero-order chi connectivity index (χ0) is 5.72. The Morgan fingerprint density at radius 2 is 2.25 bits per heavy atom. The van der Waals surface area contributed by atoms with Crippen LogP contribution in [0.5, 0.6) is 0 Å². The van der Waals surface area contributed by atoms with Crippen molar-refractivity contribution < 1.29 is 0 Å². The fraction of sp³-hybridized carbons (Fsp3) is 0.714. The largest absolute Gasteiger partial charge is 0.294 e. The van der Waals surface area contributed by atoms with Gasteiger partial charge in [0.1, 0.15) is 0 Å². The van der Waals surface area contributed by atoms with Gasteiger partial charge in [-0.15, -0.1) is 0 Å². The molecule has 3 atom stereocenters. The Bertz CT molecular complexity index is 140. The molecule has 0 radical (unpaired) electrons. The topological polar surface area (TPSA) is 3.01 Å². The first-order valence-electron chi connectivity index (χ1n) is 3.21. The van der Waals surface area contributed by atoms with Gasteiger partial charge in [-0.3, -0.25) is 4.90 Å². The molecule has 0 N–H and O–H groups in total. The number of likely N-dealkylation sites (N-methyl/N-ethyl adjacent to an activating group) is 1. The molecule has 1 saturated heterocycles.